The highest BCUT2D eigenvalue weighted by Crippen LogP contribution is 2.16. The van der Waals surface area contributed by atoms with Gasteiger partial charge in [-0.1, -0.05) is 13.0 Å². The van der Waals surface area contributed by atoms with Crippen LogP contribution in [-0.2, 0) is 9.84 Å². The summed E-state index contributed by atoms with van der Waals surface area (Å²) in [5.74, 6) is 0.589. The molecule has 0 saturated heterocycles. The van der Waals surface area contributed by atoms with Gasteiger partial charge in [-0.15, -0.1) is 0 Å². The number of hydrogen-bond acceptors (Lipinski definition) is 4. The summed E-state index contributed by atoms with van der Waals surface area (Å²) < 4.78 is 28.1. The molecule has 0 atom stereocenters. The molecule has 1 N–H and O–H groups in total. The van der Waals surface area contributed by atoms with Crippen LogP contribution < -0.4 is 10.1 Å². The van der Waals surface area contributed by atoms with Crippen molar-refractivity contribution in [1.82, 2.24) is 5.32 Å². The Kier molecular flexibility index (Phi) is 5.44. The van der Waals surface area contributed by atoms with Crippen LogP contribution in [0.1, 0.15) is 13.3 Å². The van der Waals surface area contributed by atoms with Gasteiger partial charge >= 0.3 is 0 Å². The maximum atomic E-state index is 11.3. The van der Waals surface area contributed by atoms with Gasteiger partial charge in [0.1, 0.15) is 12.4 Å². The van der Waals surface area contributed by atoms with E-state index in [1.807, 2.05) is 0 Å². The van der Waals surface area contributed by atoms with Gasteiger partial charge in [0.15, 0.2) is 9.84 Å². The quantitative estimate of drug-likeness (QED) is 0.752. The van der Waals surface area contributed by atoms with E-state index in [0.29, 0.717) is 12.4 Å². The van der Waals surface area contributed by atoms with Crippen LogP contribution in [0.3, 0.4) is 0 Å². The Balaban J connectivity index is 2.49. The van der Waals surface area contributed by atoms with Crippen LogP contribution in [0, 0.1) is 0 Å². The molecule has 0 saturated carbocycles. The van der Waals surface area contributed by atoms with Crippen LogP contribution in [0.5, 0.6) is 5.75 Å². The lowest BCUT2D eigenvalue weighted by molar-refractivity contribution is 0.313. The molecule has 0 heterocycles. The second-order valence-corrected chi connectivity index (χ2v) is 5.86. The summed E-state index contributed by atoms with van der Waals surface area (Å²) in [6, 6.07) is 6.56. The molecule has 0 aliphatic rings. The molecule has 1 aromatic carbocycles. The Bertz CT molecular complexity index is 443. The van der Waals surface area contributed by atoms with Crippen molar-refractivity contribution < 1.29 is 13.2 Å². The molecule has 0 amide bonds. The fourth-order valence-electron chi connectivity index (χ4n) is 1.34. The maximum Gasteiger partial charge on any atom is 0.175 e. The Morgan fingerprint density at radius 3 is 2.71 bits per heavy atom. The fourth-order valence-corrected chi connectivity index (χ4v) is 1.99. The topological polar surface area (TPSA) is 55.4 Å². The molecule has 5 heteroatoms. The van der Waals surface area contributed by atoms with Gasteiger partial charge in [0, 0.05) is 12.8 Å². The lowest BCUT2D eigenvalue weighted by Crippen LogP contribution is -2.21. The number of ether oxygens (including phenoxy) is 1. The highest BCUT2D eigenvalue weighted by Gasteiger charge is 2.07. The van der Waals surface area contributed by atoms with E-state index < -0.39 is 9.84 Å². The molecule has 0 fully saturated rings. The van der Waals surface area contributed by atoms with Crippen LogP contribution >= 0.6 is 0 Å². The number of hydrogen-bond donors (Lipinski definition) is 1. The first-order chi connectivity index (χ1) is 8.04. The van der Waals surface area contributed by atoms with E-state index in [4.69, 9.17) is 4.74 Å². The van der Waals surface area contributed by atoms with E-state index in [0.717, 1.165) is 19.5 Å². The molecule has 0 spiro atoms. The van der Waals surface area contributed by atoms with Crippen molar-refractivity contribution in [3.8, 4) is 5.75 Å². The Morgan fingerprint density at radius 2 is 2.06 bits per heavy atom. The summed E-state index contributed by atoms with van der Waals surface area (Å²) in [5, 5.41) is 3.21. The second kappa shape index (κ2) is 6.61. The van der Waals surface area contributed by atoms with E-state index in [-0.39, 0.29) is 4.90 Å². The van der Waals surface area contributed by atoms with Gasteiger partial charge in [0.2, 0.25) is 0 Å². The van der Waals surface area contributed by atoms with Crippen LogP contribution in [0.15, 0.2) is 29.2 Å². The van der Waals surface area contributed by atoms with Crippen molar-refractivity contribution in [1.29, 1.82) is 0 Å². The average molecular weight is 257 g/mol. The molecule has 0 radical (unpaired) electrons. The first-order valence-electron chi connectivity index (χ1n) is 5.67. The van der Waals surface area contributed by atoms with E-state index in [9.17, 15) is 8.42 Å². The van der Waals surface area contributed by atoms with Crippen molar-refractivity contribution >= 4 is 9.84 Å². The highest BCUT2D eigenvalue weighted by molar-refractivity contribution is 7.90. The summed E-state index contributed by atoms with van der Waals surface area (Å²) in [4.78, 5) is 0.288. The minimum atomic E-state index is -3.16. The van der Waals surface area contributed by atoms with Crippen molar-refractivity contribution in [2.24, 2.45) is 0 Å². The number of rotatable bonds is 7. The third-order valence-corrected chi connectivity index (χ3v) is 3.32. The summed E-state index contributed by atoms with van der Waals surface area (Å²) >= 11 is 0. The zero-order chi connectivity index (χ0) is 12.7. The van der Waals surface area contributed by atoms with Crippen molar-refractivity contribution in [2.45, 2.75) is 18.2 Å². The second-order valence-electron chi connectivity index (χ2n) is 3.85. The van der Waals surface area contributed by atoms with Gasteiger partial charge in [-0.2, -0.15) is 0 Å². The van der Waals surface area contributed by atoms with Crippen molar-refractivity contribution in [3.05, 3.63) is 24.3 Å². The molecule has 4 nitrogen and oxygen atoms in total. The van der Waals surface area contributed by atoms with Crippen LogP contribution in [-0.4, -0.2) is 34.4 Å². The van der Waals surface area contributed by atoms with E-state index in [2.05, 4.69) is 12.2 Å². The van der Waals surface area contributed by atoms with E-state index in [1.54, 1.807) is 24.3 Å². The normalized spacial score (nSPS) is 11.4. The minimum Gasteiger partial charge on any atom is -0.492 e. The molecule has 0 aliphatic heterocycles. The molecule has 0 aromatic heterocycles. The molecule has 96 valence electrons. The lowest BCUT2D eigenvalue weighted by atomic mass is 10.3. The third kappa shape index (κ3) is 5.19. The summed E-state index contributed by atoms with van der Waals surface area (Å²) in [6.45, 7) is 4.36. The standard InChI is InChI=1S/C12H19NO3S/c1-3-7-13-8-9-16-11-5-4-6-12(10-11)17(2,14)15/h4-6,10,13H,3,7-9H2,1-2H3. The van der Waals surface area contributed by atoms with Gasteiger partial charge in [0.25, 0.3) is 0 Å². The molecule has 0 bridgehead atoms. The number of benzene rings is 1. The van der Waals surface area contributed by atoms with Crippen molar-refractivity contribution in [2.75, 3.05) is 26.0 Å². The van der Waals surface area contributed by atoms with Gasteiger partial charge in [-0.25, -0.2) is 8.42 Å². The monoisotopic (exact) mass is 257 g/mol. The fraction of sp³-hybridized carbons (Fsp3) is 0.500. The van der Waals surface area contributed by atoms with E-state index >= 15 is 0 Å². The molecule has 17 heavy (non-hydrogen) atoms. The largest absolute Gasteiger partial charge is 0.492 e. The molecular weight excluding hydrogens is 238 g/mol. The van der Waals surface area contributed by atoms with Crippen LogP contribution in [0.4, 0.5) is 0 Å². The summed E-state index contributed by atoms with van der Waals surface area (Å²) in [6.07, 6.45) is 2.28. The first kappa shape index (κ1) is 14.0. The third-order valence-electron chi connectivity index (χ3n) is 2.21. The predicted octanol–water partition coefficient (Wildman–Crippen LogP) is 1.47. The van der Waals surface area contributed by atoms with Crippen molar-refractivity contribution in [3.63, 3.8) is 0 Å². The molecule has 1 rings (SSSR count). The summed E-state index contributed by atoms with van der Waals surface area (Å²) in [5.41, 5.74) is 0. The Labute approximate surface area is 103 Å². The van der Waals surface area contributed by atoms with Crippen LogP contribution in [0.25, 0.3) is 0 Å². The summed E-state index contributed by atoms with van der Waals surface area (Å²) in [7, 11) is -3.16. The zero-order valence-electron chi connectivity index (χ0n) is 10.3. The predicted molar refractivity (Wildman–Crippen MR) is 68.2 cm³/mol. The van der Waals surface area contributed by atoms with Gasteiger partial charge in [-0.3, -0.25) is 0 Å². The van der Waals surface area contributed by atoms with Gasteiger partial charge in [-0.05, 0) is 31.2 Å². The Morgan fingerprint density at radius 1 is 1.29 bits per heavy atom. The number of sulfone groups is 1. The molecular formula is C12H19NO3S. The smallest absolute Gasteiger partial charge is 0.175 e. The maximum absolute atomic E-state index is 11.3. The zero-order valence-corrected chi connectivity index (χ0v) is 11.1. The molecule has 0 unspecified atom stereocenters. The van der Waals surface area contributed by atoms with Gasteiger partial charge in [0.05, 0.1) is 4.90 Å². The van der Waals surface area contributed by atoms with E-state index in [1.165, 1.54) is 6.26 Å². The number of nitrogens with one attached hydrogen (secondary N) is 1. The molecule has 1 aromatic rings. The highest BCUT2D eigenvalue weighted by atomic mass is 32.2. The van der Waals surface area contributed by atoms with Gasteiger partial charge < -0.3 is 10.1 Å². The first-order valence-corrected chi connectivity index (χ1v) is 7.57. The molecule has 0 aliphatic carbocycles. The SMILES string of the molecule is CCCNCCOc1cccc(S(C)(=O)=O)c1. The average Bonchev–Trinajstić information content (AvgIpc) is 2.28. The van der Waals surface area contributed by atoms with Crippen LogP contribution in [0.2, 0.25) is 0 Å². The minimum absolute atomic E-state index is 0.288. The lowest BCUT2D eigenvalue weighted by Gasteiger charge is -2.08. The Hall–Kier alpha value is -1.07.